The molecule has 5 rings (SSSR count). The lowest BCUT2D eigenvalue weighted by atomic mass is 10.1. The standard InChI is InChI=1S/C23H28N6OS/c1-14-11-26-20-19(24-2)21(31-23(20)27-14)22(30)25-10-9-15-3-7-18(8-4-15)29-12-16-5-6-17(13-29)28-16/h3-4,7-8,11,16-17,24,28H,5-6,9-10,12-13H2,1-2H3,(H,25,30)/t16-,17+. The molecule has 4 heterocycles. The van der Waals surface area contributed by atoms with Crippen LogP contribution in [0.4, 0.5) is 11.4 Å². The van der Waals surface area contributed by atoms with Crippen LogP contribution < -0.4 is 20.9 Å². The van der Waals surface area contributed by atoms with Gasteiger partial charge in [-0.05, 0) is 43.9 Å². The van der Waals surface area contributed by atoms with Gasteiger partial charge in [-0.3, -0.25) is 4.79 Å². The molecular formula is C23H28N6OS. The van der Waals surface area contributed by atoms with E-state index in [1.165, 1.54) is 35.4 Å². The van der Waals surface area contributed by atoms with Crippen molar-refractivity contribution in [3.8, 4) is 0 Å². The first-order valence-corrected chi connectivity index (χ1v) is 11.7. The number of rotatable bonds is 6. The number of piperazine rings is 1. The van der Waals surface area contributed by atoms with Crippen molar-refractivity contribution < 1.29 is 4.79 Å². The first-order chi connectivity index (χ1) is 15.1. The third kappa shape index (κ3) is 4.09. The van der Waals surface area contributed by atoms with E-state index >= 15 is 0 Å². The van der Waals surface area contributed by atoms with Crippen LogP contribution in [0.15, 0.2) is 30.5 Å². The molecule has 1 amide bonds. The molecule has 1 aromatic carbocycles. The summed E-state index contributed by atoms with van der Waals surface area (Å²) in [5.74, 6) is -0.0836. The van der Waals surface area contributed by atoms with Crippen molar-refractivity contribution in [3.05, 3.63) is 46.6 Å². The third-order valence-corrected chi connectivity index (χ3v) is 7.27. The molecule has 2 aliphatic heterocycles. The first-order valence-electron chi connectivity index (χ1n) is 10.9. The molecule has 2 atom stereocenters. The SMILES string of the molecule is CNc1c(C(=O)NCCc2ccc(N3C[C@H]4CC[C@@H](C3)N4)cc2)sc2nc(C)cnc12. The number of nitrogens with zero attached hydrogens (tertiary/aromatic N) is 3. The van der Waals surface area contributed by atoms with E-state index in [0.717, 1.165) is 41.2 Å². The highest BCUT2D eigenvalue weighted by Crippen LogP contribution is 2.33. The number of fused-ring (bicyclic) bond motifs is 3. The average molecular weight is 437 g/mol. The van der Waals surface area contributed by atoms with Gasteiger partial charge in [-0.2, -0.15) is 0 Å². The number of nitrogens with one attached hydrogen (secondary N) is 3. The van der Waals surface area contributed by atoms with E-state index in [4.69, 9.17) is 0 Å². The third-order valence-electron chi connectivity index (χ3n) is 6.20. The Morgan fingerprint density at radius 3 is 2.68 bits per heavy atom. The fourth-order valence-electron chi connectivity index (χ4n) is 4.63. The molecule has 0 spiro atoms. The summed E-state index contributed by atoms with van der Waals surface area (Å²) in [5, 5.41) is 9.85. The molecule has 0 unspecified atom stereocenters. The molecule has 2 fully saturated rings. The number of anilines is 2. The molecule has 0 aliphatic carbocycles. The maximum atomic E-state index is 12.8. The normalized spacial score (nSPS) is 20.3. The Kier molecular flexibility index (Phi) is 5.50. The van der Waals surface area contributed by atoms with Gasteiger partial charge in [0.2, 0.25) is 0 Å². The van der Waals surface area contributed by atoms with Gasteiger partial charge in [0.15, 0.2) is 0 Å². The maximum Gasteiger partial charge on any atom is 0.263 e. The van der Waals surface area contributed by atoms with Crippen molar-refractivity contribution in [2.24, 2.45) is 0 Å². The Morgan fingerprint density at radius 2 is 1.97 bits per heavy atom. The van der Waals surface area contributed by atoms with E-state index in [2.05, 4.69) is 55.1 Å². The van der Waals surface area contributed by atoms with E-state index in [9.17, 15) is 4.79 Å². The predicted octanol–water partition coefficient (Wildman–Crippen LogP) is 2.95. The molecule has 3 aromatic rings. The predicted molar refractivity (Wildman–Crippen MR) is 126 cm³/mol. The second-order valence-corrected chi connectivity index (χ2v) is 9.44. The summed E-state index contributed by atoms with van der Waals surface area (Å²) < 4.78 is 0. The summed E-state index contributed by atoms with van der Waals surface area (Å²) in [6.07, 6.45) is 5.11. The Hall–Kier alpha value is -2.71. The van der Waals surface area contributed by atoms with Crippen molar-refractivity contribution in [1.29, 1.82) is 0 Å². The summed E-state index contributed by atoms with van der Waals surface area (Å²) in [5.41, 5.74) is 4.87. The second kappa shape index (κ2) is 8.43. The van der Waals surface area contributed by atoms with Crippen LogP contribution in [0.3, 0.4) is 0 Å². The highest BCUT2D eigenvalue weighted by molar-refractivity contribution is 7.21. The Labute approximate surface area is 186 Å². The number of aromatic nitrogens is 2. The van der Waals surface area contributed by atoms with Gasteiger partial charge in [0.1, 0.15) is 15.2 Å². The van der Waals surface area contributed by atoms with Gasteiger partial charge in [-0.15, -0.1) is 11.3 Å². The topological polar surface area (TPSA) is 82.2 Å². The number of benzene rings is 1. The van der Waals surface area contributed by atoms with Crippen LogP contribution in [0.5, 0.6) is 0 Å². The lowest BCUT2D eigenvalue weighted by Crippen LogP contribution is -2.51. The lowest BCUT2D eigenvalue weighted by molar-refractivity contribution is 0.0959. The number of hydrogen-bond donors (Lipinski definition) is 3. The second-order valence-electron chi connectivity index (χ2n) is 8.44. The molecule has 0 radical (unpaired) electrons. The summed E-state index contributed by atoms with van der Waals surface area (Å²) in [6.45, 7) is 4.69. The molecular weight excluding hydrogens is 408 g/mol. The fraction of sp³-hybridized carbons (Fsp3) is 0.435. The largest absolute Gasteiger partial charge is 0.385 e. The van der Waals surface area contributed by atoms with Gasteiger partial charge >= 0.3 is 0 Å². The van der Waals surface area contributed by atoms with E-state index in [-0.39, 0.29) is 5.91 Å². The van der Waals surface area contributed by atoms with Crippen molar-refractivity contribution in [2.45, 2.75) is 38.3 Å². The van der Waals surface area contributed by atoms with Crippen LogP contribution >= 0.6 is 11.3 Å². The molecule has 8 heteroatoms. The summed E-state index contributed by atoms with van der Waals surface area (Å²) in [6, 6.07) is 10.1. The minimum atomic E-state index is -0.0836. The van der Waals surface area contributed by atoms with E-state index in [0.29, 0.717) is 23.5 Å². The van der Waals surface area contributed by atoms with Gasteiger partial charge < -0.3 is 20.9 Å². The molecule has 2 bridgehead atoms. The van der Waals surface area contributed by atoms with Crippen LogP contribution in [-0.2, 0) is 6.42 Å². The summed E-state index contributed by atoms with van der Waals surface area (Å²) in [7, 11) is 1.81. The average Bonchev–Trinajstić information content (AvgIpc) is 3.32. The minimum Gasteiger partial charge on any atom is -0.385 e. The number of thiophene rings is 1. The van der Waals surface area contributed by atoms with Crippen molar-refractivity contribution in [3.63, 3.8) is 0 Å². The fourth-order valence-corrected chi connectivity index (χ4v) is 5.73. The van der Waals surface area contributed by atoms with Crippen LogP contribution in [-0.4, -0.2) is 54.6 Å². The van der Waals surface area contributed by atoms with E-state index < -0.39 is 0 Å². The number of carbonyl (C=O) groups is 1. The summed E-state index contributed by atoms with van der Waals surface area (Å²) in [4.78, 5) is 25.6. The zero-order chi connectivity index (χ0) is 21.4. The molecule has 2 aromatic heterocycles. The van der Waals surface area contributed by atoms with Gasteiger partial charge in [-0.25, -0.2) is 9.97 Å². The number of carbonyl (C=O) groups excluding carboxylic acids is 1. The zero-order valence-corrected chi connectivity index (χ0v) is 18.8. The molecule has 2 saturated heterocycles. The summed E-state index contributed by atoms with van der Waals surface area (Å²) >= 11 is 1.38. The van der Waals surface area contributed by atoms with Crippen LogP contribution in [0, 0.1) is 6.92 Å². The minimum absolute atomic E-state index is 0.0836. The van der Waals surface area contributed by atoms with Gasteiger partial charge in [-0.1, -0.05) is 12.1 Å². The number of amides is 1. The first kappa shape index (κ1) is 20.2. The zero-order valence-electron chi connectivity index (χ0n) is 17.9. The van der Waals surface area contributed by atoms with Gasteiger partial charge in [0, 0.05) is 50.6 Å². The number of hydrogen-bond acceptors (Lipinski definition) is 7. The highest BCUT2D eigenvalue weighted by atomic mass is 32.1. The molecule has 3 N–H and O–H groups in total. The number of aryl methyl sites for hydroxylation is 1. The maximum absolute atomic E-state index is 12.8. The van der Waals surface area contributed by atoms with E-state index in [1.54, 1.807) is 6.20 Å². The Balaban J connectivity index is 1.19. The smallest absolute Gasteiger partial charge is 0.263 e. The van der Waals surface area contributed by atoms with Crippen molar-refractivity contribution in [1.82, 2.24) is 20.6 Å². The monoisotopic (exact) mass is 436 g/mol. The van der Waals surface area contributed by atoms with Gasteiger partial charge in [0.05, 0.1) is 11.4 Å². The Morgan fingerprint density at radius 1 is 1.23 bits per heavy atom. The molecule has 31 heavy (non-hydrogen) atoms. The quantitative estimate of drug-likeness (QED) is 0.551. The highest BCUT2D eigenvalue weighted by Gasteiger charge is 2.32. The lowest BCUT2D eigenvalue weighted by Gasteiger charge is -2.34. The molecule has 162 valence electrons. The van der Waals surface area contributed by atoms with E-state index in [1.807, 2.05) is 14.0 Å². The van der Waals surface area contributed by atoms with Crippen LogP contribution in [0.25, 0.3) is 10.3 Å². The molecule has 2 aliphatic rings. The van der Waals surface area contributed by atoms with Crippen molar-refractivity contribution in [2.75, 3.05) is 36.9 Å². The van der Waals surface area contributed by atoms with Crippen molar-refractivity contribution >= 4 is 39.0 Å². The molecule has 0 saturated carbocycles. The van der Waals surface area contributed by atoms with Crippen LogP contribution in [0.2, 0.25) is 0 Å². The van der Waals surface area contributed by atoms with Gasteiger partial charge in [0.25, 0.3) is 5.91 Å². The van der Waals surface area contributed by atoms with Crippen LogP contribution in [0.1, 0.15) is 33.8 Å². The molecule has 7 nitrogen and oxygen atoms in total. The Bertz CT molecular complexity index is 1080.